The SMILES string of the molecule is CC(C)CCCC1CCCCC(Cl)C1. The first-order valence-corrected chi connectivity index (χ1v) is 6.76. The van der Waals surface area contributed by atoms with E-state index < -0.39 is 0 Å². The maximum absolute atomic E-state index is 6.26. The Hall–Kier alpha value is 0.290. The average molecular weight is 217 g/mol. The monoisotopic (exact) mass is 216 g/mol. The van der Waals surface area contributed by atoms with Crippen molar-refractivity contribution in [3.05, 3.63) is 0 Å². The summed E-state index contributed by atoms with van der Waals surface area (Å²) in [4.78, 5) is 0. The van der Waals surface area contributed by atoms with E-state index in [1.54, 1.807) is 0 Å². The first-order valence-electron chi connectivity index (χ1n) is 6.32. The van der Waals surface area contributed by atoms with Crippen LogP contribution in [0.4, 0.5) is 0 Å². The zero-order chi connectivity index (χ0) is 10.4. The van der Waals surface area contributed by atoms with E-state index in [0.29, 0.717) is 5.38 Å². The van der Waals surface area contributed by atoms with Crippen molar-refractivity contribution in [2.24, 2.45) is 11.8 Å². The van der Waals surface area contributed by atoms with Gasteiger partial charge in [-0.25, -0.2) is 0 Å². The van der Waals surface area contributed by atoms with Gasteiger partial charge in [-0.05, 0) is 24.7 Å². The summed E-state index contributed by atoms with van der Waals surface area (Å²) in [6.07, 6.45) is 10.9. The smallest absolute Gasteiger partial charge is 0.0338 e. The van der Waals surface area contributed by atoms with Crippen LogP contribution in [0.3, 0.4) is 0 Å². The van der Waals surface area contributed by atoms with Gasteiger partial charge in [-0.2, -0.15) is 0 Å². The first kappa shape index (κ1) is 12.4. The Morgan fingerprint density at radius 3 is 2.64 bits per heavy atom. The lowest BCUT2D eigenvalue weighted by molar-refractivity contribution is 0.394. The van der Waals surface area contributed by atoms with Crippen molar-refractivity contribution in [1.29, 1.82) is 0 Å². The summed E-state index contributed by atoms with van der Waals surface area (Å²) in [5.74, 6) is 1.80. The van der Waals surface area contributed by atoms with Gasteiger partial charge < -0.3 is 0 Å². The molecule has 0 saturated heterocycles. The lowest BCUT2D eigenvalue weighted by atomic mass is 9.92. The summed E-state index contributed by atoms with van der Waals surface area (Å²) >= 11 is 6.26. The minimum absolute atomic E-state index is 0.474. The van der Waals surface area contributed by atoms with E-state index in [4.69, 9.17) is 11.6 Å². The number of alkyl halides is 1. The lowest BCUT2D eigenvalue weighted by Crippen LogP contribution is -2.06. The third-order valence-electron chi connectivity index (χ3n) is 3.36. The van der Waals surface area contributed by atoms with Crippen LogP contribution in [0.2, 0.25) is 0 Å². The molecule has 0 radical (unpaired) electrons. The third kappa shape index (κ3) is 5.24. The molecule has 0 spiro atoms. The Bertz CT molecular complexity index is 142. The summed E-state index contributed by atoms with van der Waals surface area (Å²) in [6.45, 7) is 4.63. The van der Waals surface area contributed by atoms with E-state index in [9.17, 15) is 0 Å². The molecule has 0 aromatic carbocycles. The second-order valence-electron chi connectivity index (χ2n) is 5.31. The molecule has 0 nitrogen and oxygen atoms in total. The fourth-order valence-corrected chi connectivity index (χ4v) is 2.88. The molecular weight excluding hydrogens is 192 g/mol. The fraction of sp³-hybridized carbons (Fsp3) is 1.00. The van der Waals surface area contributed by atoms with Gasteiger partial charge in [0.05, 0.1) is 0 Å². The number of rotatable bonds is 4. The van der Waals surface area contributed by atoms with Crippen molar-refractivity contribution in [2.75, 3.05) is 0 Å². The summed E-state index contributed by atoms with van der Waals surface area (Å²) in [5, 5.41) is 0.474. The zero-order valence-electron chi connectivity index (χ0n) is 9.77. The predicted octanol–water partition coefficient (Wildman–Crippen LogP) is 5.00. The average Bonchev–Trinajstić information content (AvgIpc) is 2.29. The second kappa shape index (κ2) is 6.71. The van der Waals surface area contributed by atoms with Gasteiger partial charge in [-0.15, -0.1) is 11.6 Å². The molecule has 1 aliphatic carbocycles. The van der Waals surface area contributed by atoms with Crippen molar-refractivity contribution in [3.8, 4) is 0 Å². The van der Waals surface area contributed by atoms with Crippen LogP contribution in [0.1, 0.15) is 65.2 Å². The van der Waals surface area contributed by atoms with Crippen molar-refractivity contribution >= 4 is 11.6 Å². The Balaban J connectivity index is 2.15. The van der Waals surface area contributed by atoms with Gasteiger partial charge in [0.25, 0.3) is 0 Å². The topological polar surface area (TPSA) is 0 Å². The number of hydrogen-bond donors (Lipinski definition) is 0. The summed E-state index contributed by atoms with van der Waals surface area (Å²) < 4.78 is 0. The standard InChI is InChI=1S/C13H25Cl/c1-11(2)6-5-8-12-7-3-4-9-13(14)10-12/h11-13H,3-10H2,1-2H3. The molecular formula is C13H25Cl. The largest absolute Gasteiger partial charge is 0.123 e. The molecule has 2 unspecified atom stereocenters. The minimum Gasteiger partial charge on any atom is -0.123 e. The molecule has 1 saturated carbocycles. The van der Waals surface area contributed by atoms with Gasteiger partial charge >= 0.3 is 0 Å². The Morgan fingerprint density at radius 1 is 1.21 bits per heavy atom. The lowest BCUT2D eigenvalue weighted by Gasteiger charge is -2.16. The quantitative estimate of drug-likeness (QED) is 0.458. The van der Waals surface area contributed by atoms with Crippen molar-refractivity contribution < 1.29 is 0 Å². The third-order valence-corrected chi connectivity index (χ3v) is 3.76. The second-order valence-corrected chi connectivity index (χ2v) is 5.93. The Kier molecular flexibility index (Phi) is 5.93. The highest BCUT2D eigenvalue weighted by Crippen LogP contribution is 2.30. The fourth-order valence-electron chi connectivity index (χ4n) is 2.47. The highest BCUT2D eigenvalue weighted by atomic mass is 35.5. The van der Waals surface area contributed by atoms with Crippen LogP contribution in [0.15, 0.2) is 0 Å². The normalized spacial score (nSPS) is 29.1. The molecule has 14 heavy (non-hydrogen) atoms. The molecule has 0 aliphatic heterocycles. The zero-order valence-corrected chi connectivity index (χ0v) is 10.5. The highest BCUT2D eigenvalue weighted by molar-refractivity contribution is 6.20. The number of halogens is 1. The van der Waals surface area contributed by atoms with E-state index >= 15 is 0 Å². The van der Waals surface area contributed by atoms with Crippen LogP contribution in [-0.4, -0.2) is 5.38 Å². The first-order chi connectivity index (χ1) is 6.68. The van der Waals surface area contributed by atoms with E-state index in [1.165, 1.54) is 51.4 Å². The Labute approximate surface area is 94.4 Å². The van der Waals surface area contributed by atoms with Crippen molar-refractivity contribution in [1.82, 2.24) is 0 Å². The van der Waals surface area contributed by atoms with Gasteiger partial charge in [0.1, 0.15) is 0 Å². The maximum Gasteiger partial charge on any atom is 0.0338 e. The molecule has 1 fully saturated rings. The van der Waals surface area contributed by atoms with E-state index in [2.05, 4.69) is 13.8 Å². The molecule has 0 N–H and O–H groups in total. The molecule has 0 heterocycles. The van der Waals surface area contributed by atoms with Gasteiger partial charge in [-0.3, -0.25) is 0 Å². The molecule has 0 bridgehead atoms. The molecule has 0 aromatic rings. The van der Waals surface area contributed by atoms with Gasteiger partial charge in [0.15, 0.2) is 0 Å². The maximum atomic E-state index is 6.26. The van der Waals surface area contributed by atoms with E-state index in [0.717, 1.165) is 11.8 Å². The minimum atomic E-state index is 0.474. The van der Waals surface area contributed by atoms with E-state index in [1.807, 2.05) is 0 Å². The molecule has 84 valence electrons. The molecule has 2 atom stereocenters. The molecule has 1 heteroatoms. The summed E-state index contributed by atoms with van der Waals surface area (Å²) in [5.41, 5.74) is 0. The van der Waals surface area contributed by atoms with Crippen LogP contribution in [0.5, 0.6) is 0 Å². The number of hydrogen-bond acceptors (Lipinski definition) is 0. The van der Waals surface area contributed by atoms with Gasteiger partial charge in [-0.1, -0.05) is 52.4 Å². The molecule has 0 amide bonds. The van der Waals surface area contributed by atoms with Gasteiger partial charge in [0.2, 0.25) is 0 Å². The van der Waals surface area contributed by atoms with Crippen LogP contribution in [0, 0.1) is 11.8 Å². The molecule has 1 aliphatic rings. The van der Waals surface area contributed by atoms with Gasteiger partial charge in [0, 0.05) is 5.38 Å². The van der Waals surface area contributed by atoms with Crippen molar-refractivity contribution in [3.63, 3.8) is 0 Å². The summed E-state index contributed by atoms with van der Waals surface area (Å²) in [7, 11) is 0. The predicted molar refractivity (Wildman–Crippen MR) is 64.9 cm³/mol. The van der Waals surface area contributed by atoms with Crippen molar-refractivity contribution in [2.45, 2.75) is 70.6 Å². The molecule has 1 rings (SSSR count). The van der Waals surface area contributed by atoms with Crippen LogP contribution in [0.25, 0.3) is 0 Å². The summed E-state index contributed by atoms with van der Waals surface area (Å²) in [6, 6.07) is 0. The van der Waals surface area contributed by atoms with Crippen LogP contribution in [-0.2, 0) is 0 Å². The van der Waals surface area contributed by atoms with Crippen LogP contribution < -0.4 is 0 Å². The van der Waals surface area contributed by atoms with E-state index in [-0.39, 0.29) is 0 Å². The van der Waals surface area contributed by atoms with Crippen LogP contribution >= 0.6 is 11.6 Å². The molecule has 0 aromatic heterocycles. The highest BCUT2D eigenvalue weighted by Gasteiger charge is 2.17. The Morgan fingerprint density at radius 2 is 1.93 bits per heavy atom.